The van der Waals surface area contributed by atoms with Crippen LogP contribution in [-0.2, 0) is 9.53 Å². The second-order valence-corrected chi connectivity index (χ2v) is 4.54. The number of phenols is 1. The summed E-state index contributed by atoms with van der Waals surface area (Å²) in [6, 6.07) is 2.38. The van der Waals surface area contributed by atoms with Crippen molar-refractivity contribution in [1.82, 2.24) is 4.90 Å². The summed E-state index contributed by atoms with van der Waals surface area (Å²) in [5.41, 5.74) is -0.518. The minimum absolute atomic E-state index is 0.0417. The van der Waals surface area contributed by atoms with Gasteiger partial charge in [0.25, 0.3) is 5.91 Å². The fraction of sp³-hybridized carbons (Fsp3) is 0.385. The van der Waals surface area contributed by atoms with Gasteiger partial charge in [-0.1, -0.05) is 6.07 Å². The van der Waals surface area contributed by atoms with Gasteiger partial charge in [-0.05, 0) is 12.1 Å². The molecule has 1 heterocycles. The summed E-state index contributed by atoms with van der Waals surface area (Å²) in [5.74, 6) is -3.44. The third kappa shape index (κ3) is 2.44. The molecule has 6 nitrogen and oxygen atoms in total. The van der Waals surface area contributed by atoms with E-state index in [4.69, 9.17) is 9.84 Å². The van der Waals surface area contributed by atoms with Crippen molar-refractivity contribution in [1.29, 1.82) is 0 Å². The highest BCUT2D eigenvalue weighted by atomic mass is 19.1. The van der Waals surface area contributed by atoms with Crippen molar-refractivity contribution in [2.24, 2.45) is 0 Å². The van der Waals surface area contributed by atoms with Crippen molar-refractivity contribution in [3.05, 3.63) is 29.6 Å². The molecular weight excluding hydrogens is 269 g/mol. The molecule has 2 unspecified atom stereocenters. The first kappa shape index (κ1) is 14.3. The van der Waals surface area contributed by atoms with Crippen molar-refractivity contribution >= 4 is 11.9 Å². The molecule has 1 aliphatic heterocycles. The maximum absolute atomic E-state index is 13.7. The Kier molecular flexibility index (Phi) is 3.89. The maximum atomic E-state index is 13.7. The van der Waals surface area contributed by atoms with Gasteiger partial charge in [-0.2, -0.15) is 0 Å². The van der Waals surface area contributed by atoms with Crippen LogP contribution in [0.25, 0.3) is 0 Å². The van der Waals surface area contributed by atoms with Gasteiger partial charge in [-0.3, -0.25) is 4.79 Å². The zero-order valence-corrected chi connectivity index (χ0v) is 10.7. The average molecular weight is 283 g/mol. The summed E-state index contributed by atoms with van der Waals surface area (Å²) in [6.45, 7) is 0.0417. The molecule has 108 valence electrons. The van der Waals surface area contributed by atoms with Crippen molar-refractivity contribution in [2.45, 2.75) is 18.6 Å². The predicted octanol–water partition coefficient (Wildman–Crippen LogP) is 0.845. The van der Waals surface area contributed by atoms with E-state index in [1.165, 1.54) is 19.2 Å². The summed E-state index contributed by atoms with van der Waals surface area (Å²) in [7, 11) is 1.41. The summed E-state index contributed by atoms with van der Waals surface area (Å²) >= 11 is 0. The Bertz CT molecular complexity index is 527. The van der Waals surface area contributed by atoms with Gasteiger partial charge in [0.2, 0.25) is 0 Å². The first-order chi connectivity index (χ1) is 9.45. The second-order valence-electron chi connectivity index (χ2n) is 4.54. The number of carboxylic acid groups (broad SMARTS) is 1. The molecule has 2 rings (SSSR count). The van der Waals surface area contributed by atoms with E-state index in [0.717, 1.165) is 11.0 Å². The highest BCUT2D eigenvalue weighted by molar-refractivity contribution is 5.99. The lowest BCUT2D eigenvalue weighted by atomic mass is 10.1. The summed E-state index contributed by atoms with van der Waals surface area (Å²) in [5, 5.41) is 18.7. The normalized spacial score (nSPS) is 22.0. The molecule has 2 N–H and O–H groups in total. The molecule has 7 heteroatoms. The smallest absolute Gasteiger partial charge is 0.326 e. The van der Waals surface area contributed by atoms with E-state index in [0.29, 0.717) is 0 Å². The van der Waals surface area contributed by atoms with Crippen molar-refractivity contribution in [2.75, 3.05) is 13.7 Å². The van der Waals surface area contributed by atoms with E-state index >= 15 is 0 Å². The van der Waals surface area contributed by atoms with Crippen LogP contribution in [0.15, 0.2) is 18.2 Å². The number of phenolic OH excluding ortho intramolecular Hbond substituents is 1. The van der Waals surface area contributed by atoms with Gasteiger partial charge in [0.15, 0.2) is 0 Å². The number of methoxy groups -OCH3 is 1. The van der Waals surface area contributed by atoms with Crippen LogP contribution in [0.4, 0.5) is 4.39 Å². The molecule has 1 aromatic carbocycles. The number of nitrogens with zero attached hydrogens (tertiary/aromatic N) is 1. The van der Waals surface area contributed by atoms with Gasteiger partial charge in [0, 0.05) is 20.1 Å². The molecule has 0 aliphatic carbocycles. The highest BCUT2D eigenvalue weighted by Gasteiger charge is 2.41. The molecule has 20 heavy (non-hydrogen) atoms. The van der Waals surface area contributed by atoms with Crippen molar-refractivity contribution < 1.29 is 28.9 Å². The third-order valence-corrected chi connectivity index (χ3v) is 3.35. The van der Waals surface area contributed by atoms with Crippen LogP contribution in [0.1, 0.15) is 16.8 Å². The number of hydrogen-bond acceptors (Lipinski definition) is 4. The van der Waals surface area contributed by atoms with Crippen LogP contribution < -0.4 is 0 Å². The molecule has 0 spiro atoms. The second kappa shape index (κ2) is 5.46. The zero-order valence-electron chi connectivity index (χ0n) is 10.7. The third-order valence-electron chi connectivity index (χ3n) is 3.35. The van der Waals surface area contributed by atoms with Crippen LogP contribution >= 0.6 is 0 Å². The van der Waals surface area contributed by atoms with Gasteiger partial charge < -0.3 is 19.8 Å². The number of hydrogen-bond donors (Lipinski definition) is 2. The fourth-order valence-corrected chi connectivity index (χ4v) is 2.29. The summed E-state index contributed by atoms with van der Waals surface area (Å²) in [4.78, 5) is 24.5. The number of amides is 1. The van der Waals surface area contributed by atoms with Gasteiger partial charge in [0.05, 0.1) is 6.10 Å². The standard InChI is InChI=1S/C13H14FNO5/c1-20-7-5-9(13(18)19)15(6-7)12(17)11-8(14)3-2-4-10(11)16/h2-4,7,9,16H,5-6H2,1H3,(H,18,19). The number of halogens is 1. The Morgan fingerprint density at radius 1 is 1.45 bits per heavy atom. The Balaban J connectivity index is 2.34. The van der Waals surface area contributed by atoms with Crippen LogP contribution in [0.2, 0.25) is 0 Å². The molecule has 0 saturated carbocycles. The van der Waals surface area contributed by atoms with Gasteiger partial charge in [0.1, 0.15) is 23.2 Å². The number of benzene rings is 1. The molecule has 0 aromatic heterocycles. The highest BCUT2D eigenvalue weighted by Crippen LogP contribution is 2.27. The van der Waals surface area contributed by atoms with Crippen molar-refractivity contribution in [3.8, 4) is 5.75 Å². The van der Waals surface area contributed by atoms with Crippen LogP contribution in [0.5, 0.6) is 5.75 Å². The Morgan fingerprint density at radius 3 is 2.70 bits per heavy atom. The lowest BCUT2D eigenvalue weighted by Crippen LogP contribution is -2.41. The monoisotopic (exact) mass is 283 g/mol. The minimum atomic E-state index is -1.19. The Hall–Kier alpha value is -2.15. The lowest BCUT2D eigenvalue weighted by Gasteiger charge is -2.21. The molecule has 1 aromatic rings. The number of carbonyl (C=O) groups is 2. The number of aliphatic carboxylic acids is 1. The first-order valence-electron chi connectivity index (χ1n) is 5.99. The number of ether oxygens (including phenoxy) is 1. The zero-order chi connectivity index (χ0) is 14.9. The van der Waals surface area contributed by atoms with Gasteiger partial charge in [-0.25, -0.2) is 9.18 Å². The van der Waals surface area contributed by atoms with E-state index in [-0.39, 0.29) is 13.0 Å². The molecule has 1 aliphatic rings. The number of likely N-dealkylation sites (tertiary alicyclic amines) is 1. The van der Waals surface area contributed by atoms with E-state index < -0.39 is 41.2 Å². The van der Waals surface area contributed by atoms with E-state index in [1.807, 2.05) is 0 Å². The number of carbonyl (C=O) groups excluding carboxylic acids is 1. The van der Waals surface area contributed by atoms with E-state index in [1.54, 1.807) is 0 Å². The van der Waals surface area contributed by atoms with Crippen LogP contribution in [-0.4, -0.2) is 52.8 Å². The number of rotatable bonds is 3. The molecule has 1 fully saturated rings. The SMILES string of the molecule is COC1CC(C(=O)O)N(C(=O)c2c(O)cccc2F)C1. The lowest BCUT2D eigenvalue weighted by molar-refractivity contribution is -0.141. The molecule has 1 saturated heterocycles. The van der Waals surface area contributed by atoms with E-state index in [2.05, 4.69) is 0 Å². The largest absolute Gasteiger partial charge is 0.507 e. The maximum Gasteiger partial charge on any atom is 0.326 e. The quantitative estimate of drug-likeness (QED) is 0.858. The van der Waals surface area contributed by atoms with E-state index in [9.17, 15) is 19.1 Å². The van der Waals surface area contributed by atoms with Crippen LogP contribution in [0, 0.1) is 5.82 Å². The molecule has 0 radical (unpaired) electrons. The van der Waals surface area contributed by atoms with Gasteiger partial charge in [-0.15, -0.1) is 0 Å². The Morgan fingerprint density at radius 2 is 2.15 bits per heavy atom. The average Bonchev–Trinajstić information content (AvgIpc) is 2.82. The van der Waals surface area contributed by atoms with Crippen molar-refractivity contribution in [3.63, 3.8) is 0 Å². The number of carboxylic acids is 1. The number of aromatic hydroxyl groups is 1. The summed E-state index contributed by atoms with van der Waals surface area (Å²) in [6.07, 6.45) is -0.291. The molecule has 0 bridgehead atoms. The van der Waals surface area contributed by atoms with Crippen LogP contribution in [0.3, 0.4) is 0 Å². The topological polar surface area (TPSA) is 87.1 Å². The van der Waals surface area contributed by atoms with Gasteiger partial charge >= 0.3 is 5.97 Å². The first-order valence-corrected chi connectivity index (χ1v) is 5.99. The molecular formula is C13H14FNO5. The Labute approximate surface area is 114 Å². The summed E-state index contributed by atoms with van der Waals surface area (Å²) < 4.78 is 18.7. The fourth-order valence-electron chi connectivity index (χ4n) is 2.29. The predicted molar refractivity (Wildman–Crippen MR) is 65.9 cm³/mol. The minimum Gasteiger partial charge on any atom is -0.507 e. The molecule has 1 amide bonds. The molecule has 2 atom stereocenters.